The number of fused-ring (bicyclic) bond motifs is 1. The Kier molecular flexibility index (Phi) is 9.28. The van der Waals surface area contributed by atoms with Gasteiger partial charge in [0.25, 0.3) is 0 Å². The Balaban J connectivity index is 1.10. The Labute approximate surface area is 210 Å². The quantitative estimate of drug-likeness (QED) is 0.241. The van der Waals surface area contributed by atoms with Gasteiger partial charge in [0, 0.05) is 56.3 Å². The van der Waals surface area contributed by atoms with E-state index in [1.54, 1.807) is 0 Å². The minimum absolute atomic E-state index is 0.0982. The van der Waals surface area contributed by atoms with Gasteiger partial charge in [-0.3, -0.25) is 15.0 Å². The van der Waals surface area contributed by atoms with Crippen molar-refractivity contribution in [2.24, 2.45) is 11.8 Å². The van der Waals surface area contributed by atoms with Crippen molar-refractivity contribution in [3.63, 3.8) is 0 Å². The van der Waals surface area contributed by atoms with E-state index in [4.69, 9.17) is 4.74 Å². The van der Waals surface area contributed by atoms with Gasteiger partial charge >= 0.3 is 0 Å². The van der Waals surface area contributed by atoms with Crippen LogP contribution in [-0.2, 0) is 9.53 Å². The van der Waals surface area contributed by atoms with Gasteiger partial charge in [-0.25, -0.2) is 10.9 Å². The third-order valence-electron chi connectivity index (χ3n) is 9.02. The summed E-state index contributed by atoms with van der Waals surface area (Å²) in [7, 11) is 0. The van der Waals surface area contributed by atoms with Gasteiger partial charge < -0.3 is 25.8 Å². The molecule has 2 saturated carbocycles. The largest absolute Gasteiger partial charge is 0.395 e. The van der Waals surface area contributed by atoms with Crippen molar-refractivity contribution < 1.29 is 14.6 Å². The zero-order chi connectivity index (χ0) is 24.0. The molecule has 200 valence electrons. The average molecular weight is 494 g/mol. The Hall–Kier alpha value is -0.850. The highest BCUT2D eigenvalue weighted by Gasteiger charge is 2.40. The summed E-state index contributed by atoms with van der Waals surface area (Å²) in [6.07, 6.45) is 11.6. The molecule has 3 aliphatic heterocycles. The number of carbonyl (C=O) groups excluding carboxylic acids is 1. The fourth-order valence-electron chi connectivity index (χ4n) is 7.10. The third-order valence-corrected chi connectivity index (χ3v) is 9.02. The van der Waals surface area contributed by atoms with Crippen molar-refractivity contribution in [2.45, 2.75) is 101 Å². The third kappa shape index (κ3) is 6.35. The lowest BCUT2D eigenvalue weighted by atomic mass is 9.78. The maximum Gasteiger partial charge on any atom is 0.223 e. The number of rotatable bonds is 8. The number of hydrogen-bond donors (Lipinski definition) is 7. The van der Waals surface area contributed by atoms with Gasteiger partial charge in [-0.15, -0.1) is 0 Å². The van der Waals surface area contributed by atoms with Crippen molar-refractivity contribution in [1.29, 1.82) is 0 Å². The zero-order valence-electron chi connectivity index (χ0n) is 21.1. The molecule has 0 aromatic carbocycles. The number of nitrogens with zero attached hydrogens (tertiary/aromatic N) is 1. The van der Waals surface area contributed by atoms with E-state index >= 15 is 0 Å². The molecule has 0 radical (unpaired) electrons. The number of carbonyl (C=O) groups is 1. The summed E-state index contributed by atoms with van der Waals surface area (Å²) in [6, 6.07) is 0.985. The van der Waals surface area contributed by atoms with Crippen LogP contribution in [0.3, 0.4) is 0 Å². The Morgan fingerprint density at radius 1 is 1.06 bits per heavy atom. The molecule has 5 aliphatic rings. The average Bonchev–Trinajstić information content (AvgIpc) is 3.31. The molecule has 2 aliphatic carbocycles. The first-order valence-corrected chi connectivity index (χ1v) is 14.2. The molecular weight excluding hydrogens is 446 g/mol. The number of ether oxygens (including phenoxy) is 1. The van der Waals surface area contributed by atoms with Crippen LogP contribution >= 0.6 is 0 Å². The second-order valence-corrected chi connectivity index (χ2v) is 11.2. The van der Waals surface area contributed by atoms with Crippen molar-refractivity contribution in [1.82, 2.24) is 37.0 Å². The zero-order valence-corrected chi connectivity index (χ0v) is 21.1. The molecule has 3 saturated heterocycles. The van der Waals surface area contributed by atoms with E-state index in [9.17, 15) is 9.90 Å². The minimum Gasteiger partial charge on any atom is -0.395 e. The molecule has 10 nitrogen and oxygen atoms in total. The molecule has 10 heteroatoms. The molecule has 8 atom stereocenters. The molecular formula is C25H47N7O3. The normalized spacial score (nSPS) is 40.8. The Morgan fingerprint density at radius 2 is 1.97 bits per heavy atom. The Bertz CT molecular complexity index is 677. The number of aliphatic hydroxyl groups is 1. The van der Waals surface area contributed by atoms with Gasteiger partial charge in [0.05, 0.1) is 25.0 Å². The van der Waals surface area contributed by atoms with Crippen molar-refractivity contribution in [3.8, 4) is 0 Å². The number of β-amino-alcohol motifs (C(OH)–C–C–N with tert-alkyl or cyclic N) is 1. The number of amides is 1. The monoisotopic (exact) mass is 493 g/mol. The van der Waals surface area contributed by atoms with E-state index in [0.717, 1.165) is 71.3 Å². The molecule has 0 bridgehead atoms. The summed E-state index contributed by atoms with van der Waals surface area (Å²) in [5.41, 5.74) is 6.90. The highest BCUT2D eigenvalue weighted by Crippen LogP contribution is 2.34. The van der Waals surface area contributed by atoms with Gasteiger partial charge in [-0.05, 0) is 51.5 Å². The summed E-state index contributed by atoms with van der Waals surface area (Å²) in [4.78, 5) is 15.6. The summed E-state index contributed by atoms with van der Waals surface area (Å²) in [5.74, 6) is 0.855. The predicted molar refractivity (Wildman–Crippen MR) is 134 cm³/mol. The first-order valence-electron chi connectivity index (χ1n) is 14.2. The molecule has 35 heavy (non-hydrogen) atoms. The number of aliphatic hydroxyl groups excluding tert-OH is 1. The molecule has 1 amide bonds. The molecule has 7 N–H and O–H groups in total. The van der Waals surface area contributed by atoms with E-state index in [1.165, 1.54) is 19.3 Å². The second kappa shape index (κ2) is 12.6. The maximum atomic E-state index is 13.3. The van der Waals surface area contributed by atoms with Crippen molar-refractivity contribution in [3.05, 3.63) is 0 Å². The van der Waals surface area contributed by atoms with Gasteiger partial charge in [0.15, 0.2) is 0 Å². The molecule has 0 aromatic heterocycles. The summed E-state index contributed by atoms with van der Waals surface area (Å²) < 4.78 is 6.01. The van der Waals surface area contributed by atoms with Crippen LogP contribution < -0.4 is 32.1 Å². The number of hydrazine groups is 1. The van der Waals surface area contributed by atoms with Crippen molar-refractivity contribution in [2.75, 3.05) is 39.5 Å². The van der Waals surface area contributed by atoms with E-state index < -0.39 is 0 Å². The highest BCUT2D eigenvalue weighted by molar-refractivity contribution is 5.79. The van der Waals surface area contributed by atoms with Crippen LogP contribution in [0.15, 0.2) is 0 Å². The van der Waals surface area contributed by atoms with E-state index in [0.29, 0.717) is 30.7 Å². The summed E-state index contributed by atoms with van der Waals surface area (Å²) in [5, 5.41) is 23.8. The van der Waals surface area contributed by atoms with Crippen LogP contribution in [0, 0.1) is 11.8 Å². The second-order valence-electron chi connectivity index (χ2n) is 11.2. The first-order chi connectivity index (χ1) is 17.2. The van der Waals surface area contributed by atoms with Gasteiger partial charge in [-0.1, -0.05) is 19.3 Å². The standard InChI is InChI=1S/C25H47N7O3/c33-12-11-32-23(30-31-24(32)21-8-10-26-16-28-21)15-27-18-5-3-4-17(14-18)25(34)29-20-9-13-35-22-7-2-1-6-19(20)22/h17-24,26-28,30-31,33H,1-16H2,(H,29,34)/t17?,18?,19?,20-,21?,22?,23?,24?/m0/s1. The maximum absolute atomic E-state index is 13.3. The molecule has 3 heterocycles. The summed E-state index contributed by atoms with van der Waals surface area (Å²) >= 11 is 0. The van der Waals surface area contributed by atoms with Crippen molar-refractivity contribution >= 4 is 5.91 Å². The van der Waals surface area contributed by atoms with Gasteiger partial charge in [0.1, 0.15) is 0 Å². The van der Waals surface area contributed by atoms with E-state index in [1.807, 2.05) is 0 Å². The first kappa shape index (κ1) is 25.8. The number of nitrogens with one attached hydrogen (secondary N) is 6. The smallest absolute Gasteiger partial charge is 0.223 e. The lowest BCUT2D eigenvalue weighted by molar-refractivity contribution is -0.130. The molecule has 5 rings (SSSR count). The van der Waals surface area contributed by atoms with E-state index in [2.05, 4.69) is 37.0 Å². The van der Waals surface area contributed by atoms with Gasteiger partial charge in [-0.2, -0.15) is 0 Å². The number of hydrogen-bond acceptors (Lipinski definition) is 9. The van der Waals surface area contributed by atoms with Crippen LogP contribution in [-0.4, -0.2) is 92.0 Å². The fourth-order valence-corrected chi connectivity index (χ4v) is 7.10. The molecule has 5 fully saturated rings. The van der Waals surface area contributed by atoms with Crippen LogP contribution in [0.2, 0.25) is 0 Å². The predicted octanol–water partition coefficient (Wildman–Crippen LogP) is -0.438. The SMILES string of the molecule is O=C(N[C@H]1CCOC2CCCCC21)C1CCCC(NCC2NNC(C3CCNCN3)N2CCO)C1. The minimum atomic E-state index is 0.0982. The van der Waals surface area contributed by atoms with E-state index in [-0.39, 0.29) is 36.8 Å². The summed E-state index contributed by atoms with van der Waals surface area (Å²) in [6.45, 7) is 4.16. The highest BCUT2D eigenvalue weighted by atomic mass is 16.5. The Morgan fingerprint density at radius 3 is 2.83 bits per heavy atom. The molecule has 0 spiro atoms. The topological polar surface area (TPSA) is 122 Å². The molecule has 7 unspecified atom stereocenters. The van der Waals surface area contributed by atoms with Gasteiger partial charge in [0.2, 0.25) is 5.91 Å². The van der Waals surface area contributed by atoms with Crippen LogP contribution in [0.25, 0.3) is 0 Å². The fraction of sp³-hybridized carbons (Fsp3) is 0.960. The lowest BCUT2D eigenvalue weighted by Gasteiger charge is -2.42. The lowest BCUT2D eigenvalue weighted by Crippen LogP contribution is -2.59. The van der Waals surface area contributed by atoms with Crippen LogP contribution in [0.5, 0.6) is 0 Å². The molecule has 0 aromatic rings. The van der Waals surface area contributed by atoms with Crippen LogP contribution in [0.4, 0.5) is 0 Å². The van der Waals surface area contributed by atoms with Crippen LogP contribution in [0.1, 0.15) is 64.2 Å².